The average Bonchev–Trinajstić information content (AvgIpc) is 2.62. The Morgan fingerprint density at radius 3 is 2.08 bits per heavy atom. The van der Waals surface area contributed by atoms with Gasteiger partial charge in [0.25, 0.3) is 0 Å². The van der Waals surface area contributed by atoms with Crippen LogP contribution >= 0.6 is 0 Å². The number of nitrogens with one attached hydrogen (secondary N) is 2. The topological polar surface area (TPSA) is 58.2 Å². The van der Waals surface area contributed by atoms with Gasteiger partial charge >= 0.3 is 0 Å². The van der Waals surface area contributed by atoms with Gasteiger partial charge in [0.05, 0.1) is 6.04 Å². The van der Waals surface area contributed by atoms with E-state index < -0.39 is 5.41 Å². The second-order valence-electron chi connectivity index (χ2n) is 7.48. The van der Waals surface area contributed by atoms with Gasteiger partial charge in [-0.25, -0.2) is 0 Å². The lowest BCUT2D eigenvalue weighted by Crippen LogP contribution is -2.38. The summed E-state index contributed by atoms with van der Waals surface area (Å²) in [6, 6.07) is 20.0. The molecule has 0 radical (unpaired) electrons. The molecule has 138 valence electrons. The summed E-state index contributed by atoms with van der Waals surface area (Å²) >= 11 is 0. The minimum Gasteiger partial charge on any atom is -0.355 e. The van der Waals surface area contributed by atoms with Crippen molar-refractivity contribution >= 4 is 11.8 Å². The van der Waals surface area contributed by atoms with Crippen LogP contribution in [0.25, 0.3) is 0 Å². The molecule has 0 aliphatic rings. The largest absolute Gasteiger partial charge is 0.355 e. The Morgan fingerprint density at radius 2 is 1.50 bits per heavy atom. The number of carbonyl (C=O) groups excluding carboxylic acids is 2. The van der Waals surface area contributed by atoms with E-state index in [1.807, 2.05) is 69.3 Å². The molecule has 0 saturated carbocycles. The maximum Gasteiger partial charge on any atom is 0.225 e. The first-order chi connectivity index (χ1) is 12.4. The van der Waals surface area contributed by atoms with Crippen molar-refractivity contribution in [1.29, 1.82) is 0 Å². The van der Waals surface area contributed by atoms with Crippen LogP contribution in [0.1, 0.15) is 44.4 Å². The van der Waals surface area contributed by atoms with Gasteiger partial charge in [-0.05, 0) is 17.5 Å². The Labute approximate surface area is 156 Å². The fraction of sp³-hybridized carbons (Fsp3) is 0.364. The molecule has 2 N–H and O–H groups in total. The fourth-order valence-corrected chi connectivity index (χ4v) is 2.61. The summed E-state index contributed by atoms with van der Waals surface area (Å²) in [6.07, 6.45) is 0.991. The van der Waals surface area contributed by atoms with Crippen LogP contribution in [0.2, 0.25) is 0 Å². The summed E-state index contributed by atoms with van der Waals surface area (Å²) in [5.74, 6) is -0.113. The van der Waals surface area contributed by atoms with E-state index in [0.717, 1.165) is 12.0 Å². The van der Waals surface area contributed by atoms with Crippen molar-refractivity contribution in [2.24, 2.45) is 5.41 Å². The molecule has 0 fully saturated rings. The maximum absolute atomic E-state index is 12.4. The van der Waals surface area contributed by atoms with Gasteiger partial charge < -0.3 is 10.6 Å². The summed E-state index contributed by atoms with van der Waals surface area (Å²) in [5.41, 5.74) is 1.79. The van der Waals surface area contributed by atoms with Gasteiger partial charge in [0.15, 0.2) is 0 Å². The molecule has 4 heteroatoms. The van der Waals surface area contributed by atoms with E-state index >= 15 is 0 Å². The van der Waals surface area contributed by atoms with E-state index in [1.54, 1.807) is 0 Å². The van der Waals surface area contributed by atoms with Gasteiger partial charge in [-0.1, -0.05) is 81.4 Å². The zero-order valence-corrected chi connectivity index (χ0v) is 15.8. The molecule has 2 amide bonds. The van der Waals surface area contributed by atoms with Gasteiger partial charge in [-0.2, -0.15) is 0 Å². The highest BCUT2D eigenvalue weighted by Gasteiger charge is 2.21. The molecule has 0 aromatic heterocycles. The average molecular weight is 352 g/mol. The lowest BCUT2D eigenvalue weighted by molar-refractivity contribution is -0.128. The van der Waals surface area contributed by atoms with Crippen LogP contribution in [0.3, 0.4) is 0 Å². The fourth-order valence-electron chi connectivity index (χ4n) is 2.61. The van der Waals surface area contributed by atoms with Crippen LogP contribution in [-0.4, -0.2) is 18.4 Å². The lowest BCUT2D eigenvalue weighted by Gasteiger charge is -2.20. The second-order valence-corrected chi connectivity index (χ2v) is 7.48. The highest BCUT2D eigenvalue weighted by molar-refractivity contribution is 5.82. The van der Waals surface area contributed by atoms with E-state index in [9.17, 15) is 9.59 Å². The van der Waals surface area contributed by atoms with Crippen molar-refractivity contribution in [3.8, 4) is 0 Å². The molecular weight excluding hydrogens is 324 g/mol. The molecular formula is C22H28N2O2. The first-order valence-corrected chi connectivity index (χ1v) is 9.03. The Balaban J connectivity index is 1.96. The standard InChI is InChI=1S/C22H28N2O2/c1-22(2,3)21(26)23-15-14-20(25)24-19(18-12-8-5-9-13-18)16-17-10-6-4-7-11-17/h4-13,19H,14-16H2,1-3H3,(H,23,26)(H,24,25). The number of hydrogen-bond acceptors (Lipinski definition) is 2. The first-order valence-electron chi connectivity index (χ1n) is 9.03. The number of benzene rings is 2. The van der Waals surface area contributed by atoms with Crippen LogP contribution < -0.4 is 10.6 Å². The van der Waals surface area contributed by atoms with Gasteiger partial charge in [0, 0.05) is 18.4 Å². The summed E-state index contributed by atoms with van der Waals surface area (Å²) in [4.78, 5) is 24.3. The van der Waals surface area contributed by atoms with Crippen LogP contribution in [0.4, 0.5) is 0 Å². The van der Waals surface area contributed by atoms with E-state index in [0.29, 0.717) is 6.54 Å². The predicted octanol–water partition coefficient (Wildman–Crippen LogP) is 3.64. The minimum absolute atomic E-state index is 0.0470. The van der Waals surface area contributed by atoms with E-state index in [1.165, 1.54) is 5.56 Å². The number of rotatable bonds is 7. The number of hydrogen-bond donors (Lipinski definition) is 2. The van der Waals surface area contributed by atoms with E-state index in [4.69, 9.17) is 0 Å². The molecule has 2 aromatic carbocycles. The Kier molecular flexibility index (Phi) is 6.96. The van der Waals surface area contributed by atoms with Gasteiger partial charge in [-0.3, -0.25) is 9.59 Å². The Morgan fingerprint density at radius 1 is 0.923 bits per heavy atom. The molecule has 4 nitrogen and oxygen atoms in total. The zero-order valence-electron chi connectivity index (χ0n) is 15.8. The summed E-state index contributed by atoms with van der Waals surface area (Å²) < 4.78 is 0. The molecule has 1 unspecified atom stereocenters. The quantitative estimate of drug-likeness (QED) is 0.799. The van der Waals surface area contributed by atoms with Crippen LogP contribution in [-0.2, 0) is 16.0 Å². The highest BCUT2D eigenvalue weighted by atomic mass is 16.2. The SMILES string of the molecule is CC(C)(C)C(=O)NCCC(=O)NC(Cc1ccccc1)c1ccccc1. The van der Waals surface area contributed by atoms with Gasteiger partial charge in [0.2, 0.25) is 11.8 Å². The van der Waals surface area contributed by atoms with Crippen LogP contribution in [0, 0.1) is 5.41 Å². The van der Waals surface area contributed by atoms with Crippen molar-refractivity contribution < 1.29 is 9.59 Å². The Hall–Kier alpha value is -2.62. The molecule has 0 aliphatic heterocycles. The van der Waals surface area contributed by atoms with Crippen molar-refractivity contribution in [2.75, 3.05) is 6.54 Å². The zero-order chi connectivity index (χ0) is 19.0. The molecule has 0 spiro atoms. The molecule has 1 atom stereocenters. The maximum atomic E-state index is 12.4. The van der Waals surface area contributed by atoms with E-state index in [2.05, 4.69) is 22.8 Å². The van der Waals surface area contributed by atoms with Gasteiger partial charge in [0.1, 0.15) is 0 Å². The smallest absolute Gasteiger partial charge is 0.225 e. The van der Waals surface area contributed by atoms with Gasteiger partial charge in [-0.15, -0.1) is 0 Å². The second kappa shape index (κ2) is 9.18. The third-order valence-electron chi connectivity index (χ3n) is 4.14. The highest BCUT2D eigenvalue weighted by Crippen LogP contribution is 2.18. The van der Waals surface area contributed by atoms with Crippen LogP contribution in [0.5, 0.6) is 0 Å². The van der Waals surface area contributed by atoms with E-state index in [-0.39, 0.29) is 24.3 Å². The van der Waals surface area contributed by atoms with Crippen molar-refractivity contribution in [2.45, 2.75) is 39.7 Å². The number of carbonyl (C=O) groups is 2. The van der Waals surface area contributed by atoms with Crippen LogP contribution in [0.15, 0.2) is 60.7 Å². The number of amides is 2. The molecule has 0 aliphatic carbocycles. The molecule has 2 aromatic rings. The molecule has 26 heavy (non-hydrogen) atoms. The van der Waals surface area contributed by atoms with Crippen molar-refractivity contribution in [3.63, 3.8) is 0 Å². The predicted molar refractivity (Wildman–Crippen MR) is 105 cm³/mol. The molecule has 2 rings (SSSR count). The normalized spacial score (nSPS) is 12.3. The van der Waals surface area contributed by atoms with Crippen molar-refractivity contribution in [1.82, 2.24) is 10.6 Å². The summed E-state index contributed by atoms with van der Waals surface area (Å²) in [5, 5.41) is 5.92. The summed E-state index contributed by atoms with van der Waals surface area (Å²) in [7, 11) is 0. The third kappa shape index (κ3) is 6.36. The molecule has 0 bridgehead atoms. The third-order valence-corrected chi connectivity index (χ3v) is 4.14. The summed E-state index contributed by atoms with van der Waals surface area (Å²) in [6.45, 7) is 5.91. The first kappa shape index (κ1) is 19.7. The minimum atomic E-state index is -0.448. The lowest BCUT2D eigenvalue weighted by atomic mass is 9.96. The molecule has 0 saturated heterocycles. The molecule has 0 heterocycles. The van der Waals surface area contributed by atoms with Crippen molar-refractivity contribution in [3.05, 3.63) is 71.8 Å². The monoisotopic (exact) mass is 352 g/mol. The Bertz CT molecular complexity index is 706.